The summed E-state index contributed by atoms with van der Waals surface area (Å²) in [5.74, 6) is 0.262. The zero-order valence-corrected chi connectivity index (χ0v) is 14.1. The Labute approximate surface area is 146 Å². The SMILES string of the molecule is COCc1cc([N+](=O)[O-])ccc1N1CCN(c2ccc(O)cc2)CC1. The van der Waals surface area contributed by atoms with Crippen molar-refractivity contribution in [2.24, 2.45) is 0 Å². The minimum Gasteiger partial charge on any atom is -0.508 e. The summed E-state index contributed by atoms with van der Waals surface area (Å²) >= 11 is 0. The normalized spacial score (nSPS) is 14.6. The fraction of sp³-hybridized carbons (Fsp3) is 0.333. The highest BCUT2D eigenvalue weighted by Crippen LogP contribution is 2.28. The number of nitro groups is 1. The molecule has 2 aromatic carbocycles. The van der Waals surface area contributed by atoms with E-state index < -0.39 is 0 Å². The molecular formula is C18H21N3O4. The van der Waals surface area contributed by atoms with Gasteiger partial charge in [-0.2, -0.15) is 0 Å². The molecule has 1 heterocycles. The van der Waals surface area contributed by atoms with Gasteiger partial charge in [0.15, 0.2) is 0 Å². The van der Waals surface area contributed by atoms with Crippen molar-refractivity contribution in [3.05, 3.63) is 58.1 Å². The number of phenolic OH excluding ortho intramolecular Hbond substituents is 1. The number of hydrogen-bond acceptors (Lipinski definition) is 6. The molecule has 0 saturated carbocycles. The summed E-state index contributed by atoms with van der Waals surface area (Å²) in [6, 6.07) is 12.1. The molecule has 7 nitrogen and oxygen atoms in total. The molecule has 0 spiro atoms. The van der Waals surface area contributed by atoms with Crippen LogP contribution >= 0.6 is 0 Å². The summed E-state index contributed by atoms with van der Waals surface area (Å²) in [5.41, 5.74) is 2.98. The van der Waals surface area contributed by atoms with Gasteiger partial charge < -0.3 is 19.6 Å². The third-order valence-electron chi connectivity index (χ3n) is 4.41. The van der Waals surface area contributed by atoms with E-state index in [2.05, 4.69) is 9.80 Å². The molecule has 3 rings (SSSR count). The lowest BCUT2D eigenvalue weighted by Gasteiger charge is -2.38. The molecule has 0 amide bonds. The molecule has 0 aromatic heterocycles. The first-order valence-corrected chi connectivity index (χ1v) is 8.13. The molecule has 25 heavy (non-hydrogen) atoms. The number of piperazine rings is 1. The number of anilines is 2. The molecule has 0 unspecified atom stereocenters. The highest BCUT2D eigenvalue weighted by atomic mass is 16.6. The van der Waals surface area contributed by atoms with Crippen LogP contribution in [0.2, 0.25) is 0 Å². The summed E-state index contributed by atoms with van der Waals surface area (Å²) < 4.78 is 5.21. The summed E-state index contributed by atoms with van der Waals surface area (Å²) in [4.78, 5) is 15.1. The molecule has 0 aliphatic carbocycles. The van der Waals surface area contributed by atoms with Crippen LogP contribution in [0.15, 0.2) is 42.5 Å². The average Bonchev–Trinajstić information content (AvgIpc) is 2.63. The minimum absolute atomic E-state index is 0.0820. The molecule has 2 aromatic rings. The smallest absolute Gasteiger partial charge is 0.269 e. The molecule has 1 aliphatic heterocycles. The largest absolute Gasteiger partial charge is 0.508 e. The van der Waals surface area contributed by atoms with Gasteiger partial charge in [0.25, 0.3) is 5.69 Å². The molecule has 1 saturated heterocycles. The number of hydrogen-bond donors (Lipinski definition) is 1. The maximum absolute atomic E-state index is 11.0. The van der Waals surface area contributed by atoms with Gasteiger partial charge in [-0.15, -0.1) is 0 Å². The fourth-order valence-electron chi connectivity index (χ4n) is 3.13. The maximum Gasteiger partial charge on any atom is 0.269 e. The van der Waals surface area contributed by atoms with E-state index in [0.717, 1.165) is 43.1 Å². The predicted molar refractivity (Wildman–Crippen MR) is 96.3 cm³/mol. The Morgan fingerprint density at radius 1 is 1.08 bits per heavy atom. The number of nitrogens with zero attached hydrogens (tertiary/aromatic N) is 3. The molecule has 0 bridgehead atoms. The number of phenols is 1. The number of nitro benzene ring substituents is 1. The molecule has 1 aliphatic rings. The van der Waals surface area contributed by atoms with Gasteiger partial charge in [0, 0.05) is 62.4 Å². The standard InChI is InChI=1S/C18H21N3O4/c1-25-13-14-12-16(21(23)24)4-7-18(14)20-10-8-19(9-11-20)15-2-5-17(22)6-3-15/h2-7,12,22H,8-11,13H2,1H3. The van der Waals surface area contributed by atoms with E-state index >= 15 is 0 Å². The van der Waals surface area contributed by atoms with E-state index in [1.54, 1.807) is 31.4 Å². The first-order valence-electron chi connectivity index (χ1n) is 8.13. The van der Waals surface area contributed by atoms with Gasteiger partial charge in [0.2, 0.25) is 0 Å². The Morgan fingerprint density at radius 2 is 1.72 bits per heavy atom. The fourth-order valence-corrected chi connectivity index (χ4v) is 3.13. The Hall–Kier alpha value is -2.80. The number of ether oxygens (including phenoxy) is 1. The Morgan fingerprint density at radius 3 is 2.32 bits per heavy atom. The van der Waals surface area contributed by atoms with Crippen LogP contribution in [0, 0.1) is 10.1 Å². The van der Waals surface area contributed by atoms with Gasteiger partial charge in [-0.25, -0.2) is 0 Å². The molecule has 0 atom stereocenters. The Balaban J connectivity index is 1.73. The predicted octanol–water partition coefficient (Wildman–Crippen LogP) is 2.77. The van der Waals surface area contributed by atoms with Crippen molar-refractivity contribution < 1.29 is 14.8 Å². The van der Waals surface area contributed by atoms with Crippen molar-refractivity contribution >= 4 is 17.1 Å². The Bertz CT molecular complexity index is 740. The van der Waals surface area contributed by atoms with E-state index in [1.807, 2.05) is 18.2 Å². The lowest BCUT2D eigenvalue weighted by molar-refractivity contribution is -0.384. The second kappa shape index (κ2) is 7.40. The number of rotatable bonds is 5. The molecule has 1 fully saturated rings. The first kappa shape index (κ1) is 17.0. The van der Waals surface area contributed by atoms with Crippen LogP contribution in [0.3, 0.4) is 0 Å². The second-order valence-electron chi connectivity index (χ2n) is 5.99. The van der Waals surface area contributed by atoms with Crippen molar-refractivity contribution in [1.29, 1.82) is 0 Å². The van der Waals surface area contributed by atoms with Crippen LogP contribution in [0.5, 0.6) is 5.75 Å². The van der Waals surface area contributed by atoms with Gasteiger partial charge >= 0.3 is 0 Å². The van der Waals surface area contributed by atoms with Gasteiger partial charge in [-0.1, -0.05) is 0 Å². The molecule has 7 heteroatoms. The van der Waals surface area contributed by atoms with Crippen molar-refractivity contribution in [3.63, 3.8) is 0 Å². The lowest BCUT2D eigenvalue weighted by Crippen LogP contribution is -2.46. The van der Waals surface area contributed by atoms with E-state index in [0.29, 0.717) is 6.61 Å². The topological polar surface area (TPSA) is 79.1 Å². The highest BCUT2D eigenvalue weighted by molar-refractivity contribution is 5.59. The first-order chi connectivity index (χ1) is 12.1. The van der Waals surface area contributed by atoms with Gasteiger partial charge in [0.05, 0.1) is 11.5 Å². The van der Waals surface area contributed by atoms with Crippen LogP contribution in [0.25, 0.3) is 0 Å². The minimum atomic E-state index is -0.383. The van der Waals surface area contributed by atoms with Crippen LogP contribution in [-0.2, 0) is 11.3 Å². The van der Waals surface area contributed by atoms with E-state index in [-0.39, 0.29) is 16.4 Å². The van der Waals surface area contributed by atoms with Crippen LogP contribution in [0.4, 0.5) is 17.1 Å². The van der Waals surface area contributed by atoms with Gasteiger partial charge in [-0.3, -0.25) is 10.1 Å². The van der Waals surface area contributed by atoms with E-state index in [1.165, 1.54) is 0 Å². The Kier molecular flexibility index (Phi) is 5.04. The molecule has 0 radical (unpaired) electrons. The van der Waals surface area contributed by atoms with Gasteiger partial charge in [0.1, 0.15) is 5.75 Å². The average molecular weight is 343 g/mol. The van der Waals surface area contributed by atoms with E-state index in [9.17, 15) is 15.2 Å². The van der Waals surface area contributed by atoms with Crippen LogP contribution in [-0.4, -0.2) is 43.3 Å². The molecular weight excluding hydrogens is 322 g/mol. The molecule has 1 N–H and O–H groups in total. The van der Waals surface area contributed by atoms with Crippen molar-refractivity contribution in [2.75, 3.05) is 43.1 Å². The van der Waals surface area contributed by atoms with Crippen LogP contribution < -0.4 is 9.80 Å². The zero-order valence-electron chi connectivity index (χ0n) is 14.1. The maximum atomic E-state index is 11.0. The van der Waals surface area contributed by atoms with Crippen molar-refractivity contribution in [3.8, 4) is 5.75 Å². The second-order valence-corrected chi connectivity index (χ2v) is 5.99. The van der Waals surface area contributed by atoms with Crippen molar-refractivity contribution in [2.45, 2.75) is 6.61 Å². The third kappa shape index (κ3) is 3.83. The van der Waals surface area contributed by atoms with Gasteiger partial charge in [-0.05, 0) is 30.3 Å². The summed E-state index contributed by atoms with van der Waals surface area (Å²) in [6.45, 7) is 3.66. The van der Waals surface area contributed by atoms with Crippen LogP contribution in [0.1, 0.15) is 5.56 Å². The number of methoxy groups -OCH3 is 1. The number of aromatic hydroxyl groups is 1. The number of non-ortho nitro benzene ring substituents is 1. The summed E-state index contributed by atoms with van der Waals surface area (Å²) in [5, 5.41) is 20.4. The summed E-state index contributed by atoms with van der Waals surface area (Å²) in [7, 11) is 1.59. The number of benzene rings is 2. The highest BCUT2D eigenvalue weighted by Gasteiger charge is 2.21. The van der Waals surface area contributed by atoms with Crippen molar-refractivity contribution in [1.82, 2.24) is 0 Å². The third-order valence-corrected chi connectivity index (χ3v) is 4.41. The molecule has 132 valence electrons. The van der Waals surface area contributed by atoms with E-state index in [4.69, 9.17) is 4.74 Å². The monoisotopic (exact) mass is 343 g/mol. The quantitative estimate of drug-likeness (QED) is 0.664. The zero-order chi connectivity index (χ0) is 17.8. The lowest BCUT2D eigenvalue weighted by atomic mass is 10.1. The summed E-state index contributed by atoms with van der Waals surface area (Å²) in [6.07, 6.45) is 0.